The van der Waals surface area contributed by atoms with Crippen LogP contribution in [0.5, 0.6) is 0 Å². The van der Waals surface area contributed by atoms with E-state index in [-0.39, 0.29) is 5.91 Å². The van der Waals surface area contributed by atoms with Crippen LogP contribution in [0, 0.1) is 0 Å². The van der Waals surface area contributed by atoms with Gasteiger partial charge < -0.3 is 10.2 Å². The van der Waals surface area contributed by atoms with Gasteiger partial charge in [-0.1, -0.05) is 23.7 Å². The fourth-order valence-corrected chi connectivity index (χ4v) is 2.51. The monoisotopic (exact) mass is 328 g/mol. The maximum Gasteiger partial charge on any atom is 0.248 e. The van der Waals surface area contributed by atoms with E-state index in [1.807, 2.05) is 42.5 Å². The molecule has 0 aliphatic rings. The SMILES string of the molecule is CCN(CC)c1ccc(NC(=O)/C=C/c2cccc(Cl)c2)cc1. The van der Waals surface area contributed by atoms with Crippen molar-refractivity contribution >= 4 is 35.0 Å². The van der Waals surface area contributed by atoms with Gasteiger partial charge in [-0.2, -0.15) is 0 Å². The Balaban J connectivity index is 1.97. The summed E-state index contributed by atoms with van der Waals surface area (Å²) < 4.78 is 0. The molecular formula is C19H21ClN2O. The average Bonchev–Trinajstić information content (AvgIpc) is 2.56. The second kappa shape index (κ2) is 8.39. The molecule has 0 radical (unpaired) electrons. The third-order valence-corrected chi connectivity index (χ3v) is 3.77. The van der Waals surface area contributed by atoms with E-state index in [9.17, 15) is 4.79 Å². The highest BCUT2D eigenvalue weighted by atomic mass is 35.5. The van der Waals surface area contributed by atoms with Crippen LogP contribution in [0.4, 0.5) is 11.4 Å². The highest BCUT2D eigenvalue weighted by Gasteiger charge is 2.02. The molecule has 0 aliphatic carbocycles. The van der Waals surface area contributed by atoms with Crippen LogP contribution in [-0.4, -0.2) is 19.0 Å². The minimum absolute atomic E-state index is 0.166. The van der Waals surface area contributed by atoms with E-state index >= 15 is 0 Å². The molecule has 0 unspecified atom stereocenters. The third-order valence-electron chi connectivity index (χ3n) is 3.54. The summed E-state index contributed by atoms with van der Waals surface area (Å²) in [6.07, 6.45) is 3.25. The first-order chi connectivity index (χ1) is 11.1. The Labute approximate surface area is 142 Å². The molecule has 2 rings (SSSR count). The van der Waals surface area contributed by atoms with Gasteiger partial charge in [0.05, 0.1) is 0 Å². The standard InChI is InChI=1S/C19H21ClN2O/c1-3-22(4-2)18-11-9-17(10-12-18)21-19(23)13-8-15-6-5-7-16(20)14-15/h5-14H,3-4H2,1-2H3,(H,21,23)/b13-8+. The number of carbonyl (C=O) groups is 1. The summed E-state index contributed by atoms with van der Waals surface area (Å²) in [4.78, 5) is 14.2. The molecule has 120 valence electrons. The summed E-state index contributed by atoms with van der Waals surface area (Å²) in [6, 6.07) is 15.2. The maximum atomic E-state index is 12.0. The van der Waals surface area contributed by atoms with Crippen molar-refractivity contribution in [2.24, 2.45) is 0 Å². The summed E-state index contributed by atoms with van der Waals surface area (Å²) in [5.74, 6) is -0.166. The zero-order valence-electron chi connectivity index (χ0n) is 13.4. The van der Waals surface area contributed by atoms with E-state index in [0.29, 0.717) is 5.02 Å². The largest absolute Gasteiger partial charge is 0.372 e. The van der Waals surface area contributed by atoms with E-state index in [1.165, 1.54) is 6.08 Å². The Hall–Kier alpha value is -2.26. The quantitative estimate of drug-likeness (QED) is 0.770. The molecule has 0 atom stereocenters. The van der Waals surface area contributed by atoms with E-state index < -0.39 is 0 Å². The molecular weight excluding hydrogens is 308 g/mol. The fraction of sp³-hybridized carbons (Fsp3) is 0.211. The number of anilines is 2. The van der Waals surface area contributed by atoms with Crippen LogP contribution in [0.15, 0.2) is 54.6 Å². The van der Waals surface area contributed by atoms with Crippen molar-refractivity contribution in [1.82, 2.24) is 0 Å². The Kier molecular flexibility index (Phi) is 6.24. The van der Waals surface area contributed by atoms with Crippen molar-refractivity contribution in [2.75, 3.05) is 23.3 Å². The van der Waals surface area contributed by atoms with Crippen LogP contribution in [-0.2, 0) is 4.79 Å². The highest BCUT2D eigenvalue weighted by molar-refractivity contribution is 6.30. The van der Waals surface area contributed by atoms with E-state index in [1.54, 1.807) is 12.1 Å². The van der Waals surface area contributed by atoms with Gasteiger partial charge in [-0.25, -0.2) is 0 Å². The van der Waals surface area contributed by atoms with Gasteiger partial charge in [0.25, 0.3) is 0 Å². The van der Waals surface area contributed by atoms with Gasteiger partial charge in [-0.05, 0) is 61.9 Å². The number of nitrogens with one attached hydrogen (secondary N) is 1. The van der Waals surface area contributed by atoms with Gasteiger partial charge in [0.2, 0.25) is 5.91 Å². The minimum Gasteiger partial charge on any atom is -0.372 e. The van der Waals surface area contributed by atoms with Gasteiger partial charge in [0.15, 0.2) is 0 Å². The Morgan fingerprint density at radius 1 is 1.13 bits per heavy atom. The van der Waals surface area contributed by atoms with Crippen molar-refractivity contribution in [3.05, 3.63) is 65.2 Å². The van der Waals surface area contributed by atoms with E-state index in [4.69, 9.17) is 11.6 Å². The lowest BCUT2D eigenvalue weighted by Gasteiger charge is -2.21. The molecule has 4 heteroatoms. The molecule has 0 saturated heterocycles. The molecule has 0 saturated carbocycles. The predicted molar refractivity (Wildman–Crippen MR) is 99.1 cm³/mol. The lowest BCUT2D eigenvalue weighted by atomic mass is 10.2. The number of hydrogen-bond acceptors (Lipinski definition) is 2. The minimum atomic E-state index is -0.166. The van der Waals surface area contributed by atoms with Crippen LogP contribution in [0.2, 0.25) is 5.02 Å². The first-order valence-electron chi connectivity index (χ1n) is 7.72. The Bertz CT molecular complexity index is 676. The summed E-state index contributed by atoms with van der Waals surface area (Å²) in [7, 11) is 0. The molecule has 0 fully saturated rings. The number of hydrogen-bond donors (Lipinski definition) is 1. The first-order valence-corrected chi connectivity index (χ1v) is 8.09. The number of rotatable bonds is 6. The number of benzene rings is 2. The lowest BCUT2D eigenvalue weighted by molar-refractivity contribution is -0.111. The average molecular weight is 329 g/mol. The van der Waals surface area contributed by atoms with Crippen molar-refractivity contribution in [3.8, 4) is 0 Å². The van der Waals surface area contributed by atoms with E-state index in [2.05, 4.69) is 24.1 Å². The molecule has 1 N–H and O–H groups in total. The lowest BCUT2D eigenvalue weighted by Crippen LogP contribution is -2.21. The molecule has 0 heterocycles. The van der Waals surface area contributed by atoms with Gasteiger partial charge in [-0.15, -0.1) is 0 Å². The molecule has 0 spiro atoms. The van der Waals surface area contributed by atoms with Crippen molar-refractivity contribution in [3.63, 3.8) is 0 Å². The van der Waals surface area contributed by atoms with Gasteiger partial charge in [-0.3, -0.25) is 4.79 Å². The summed E-state index contributed by atoms with van der Waals surface area (Å²) in [5.41, 5.74) is 2.83. The molecule has 2 aromatic rings. The zero-order chi connectivity index (χ0) is 16.7. The first kappa shape index (κ1) is 17.1. The summed E-state index contributed by atoms with van der Waals surface area (Å²) in [5, 5.41) is 3.50. The van der Waals surface area contributed by atoms with Crippen molar-refractivity contribution in [1.29, 1.82) is 0 Å². The number of carbonyl (C=O) groups excluding carboxylic acids is 1. The predicted octanol–water partition coefficient (Wildman–Crippen LogP) is 4.84. The van der Waals surface area contributed by atoms with Gasteiger partial charge in [0, 0.05) is 35.6 Å². The smallest absolute Gasteiger partial charge is 0.248 e. The van der Waals surface area contributed by atoms with Crippen molar-refractivity contribution in [2.45, 2.75) is 13.8 Å². The Morgan fingerprint density at radius 3 is 2.43 bits per heavy atom. The normalized spacial score (nSPS) is 10.7. The zero-order valence-corrected chi connectivity index (χ0v) is 14.2. The molecule has 2 aromatic carbocycles. The maximum absolute atomic E-state index is 12.0. The number of nitrogens with zero attached hydrogens (tertiary/aromatic N) is 1. The topological polar surface area (TPSA) is 32.3 Å². The van der Waals surface area contributed by atoms with Gasteiger partial charge >= 0.3 is 0 Å². The molecule has 3 nitrogen and oxygen atoms in total. The van der Waals surface area contributed by atoms with Crippen LogP contribution in [0.3, 0.4) is 0 Å². The van der Waals surface area contributed by atoms with Crippen LogP contribution < -0.4 is 10.2 Å². The second-order valence-corrected chi connectivity index (χ2v) is 5.53. The second-order valence-electron chi connectivity index (χ2n) is 5.10. The summed E-state index contributed by atoms with van der Waals surface area (Å²) >= 11 is 5.92. The number of halogens is 1. The van der Waals surface area contributed by atoms with Crippen LogP contribution >= 0.6 is 11.6 Å². The van der Waals surface area contributed by atoms with Crippen LogP contribution in [0.25, 0.3) is 6.08 Å². The summed E-state index contributed by atoms with van der Waals surface area (Å²) in [6.45, 7) is 6.18. The molecule has 0 aromatic heterocycles. The fourth-order valence-electron chi connectivity index (χ4n) is 2.31. The molecule has 23 heavy (non-hydrogen) atoms. The van der Waals surface area contributed by atoms with E-state index in [0.717, 1.165) is 30.0 Å². The Morgan fingerprint density at radius 2 is 1.83 bits per heavy atom. The van der Waals surface area contributed by atoms with Crippen molar-refractivity contribution < 1.29 is 4.79 Å². The third kappa shape index (κ3) is 5.15. The molecule has 1 amide bonds. The molecule has 0 bridgehead atoms. The highest BCUT2D eigenvalue weighted by Crippen LogP contribution is 2.18. The number of amides is 1. The van der Waals surface area contributed by atoms with Gasteiger partial charge in [0.1, 0.15) is 0 Å². The van der Waals surface area contributed by atoms with Crippen LogP contribution in [0.1, 0.15) is 19.4 Å². The molecule has 0 aliphatic heterocycles.